The van der Waals surface area contributed by atoms with Crippen LogP contribution in [-0.2, 0) is 4.79 Å². The van der Waals surface area contributed by atoms with Crippen molar-refractivity contribution in [3.05, 3.63) is 0 Å². The molecular weight excluding hydrogens is 198 g/mol. The van der Waals surface area contributed by atoms with E-state index in [0.29, 0.717) is 12.3 Å². The van der Waals surface area contributed by atoms with Gasteiger partial charge in [0.1, 0.15) is 0 Å². The van der Waals surface area contributed by atoms with E-state index in [4.69, 9.17) is 5.11 Å². The molecule has 1 amide bonds. The largest absolute Gasteiger partial charge is 0.393 e. The van der Waals surface area contributed by atoms with Gasteiger partial charge in [-0.05, 0) is 25.0 Å². The summed E-state index contributed by atoms with van der Waals surface area (Å²) in [6.07, 6.45) is 4.25. The van der Waals surface area contributed by atoms with Gasteiger partial charge in [-0.15, -0.1) is 0 Å². The van der Waals surface area contributed by atoms with Crippen LogP contribution in [0.25, 0.3) is 0 Å². The first kappa shape index (κ1) is 11.9. The molecule has 3 nitrogen and oxygen atoms in total. The number of hydrogen-bond acceptors (Lipinski definition) is 3. The fourth-order valence-corrected chi connectivity index (χ4v) is 2.10. The molecule has 82 valence electrons. The number of amides is 1. The van der Waals surface area contributed by atoms with Crippen molar-refractivity contribution >= 4 is 17.7 Å². The summed E-state index contributed by atoms with van der Waals surface area (Å²) in [5.74, 6) is 1.64. The lowest BCUT2D eigenvalue weighted by Gasteiger charge is -2.34. The number of carbonyl (C=O) groups excluding carboxylic acids is 1. The first-order chi connectivity index (χ1) is 6.63. The number of aliphatic hydroxyl groups is 1. The Morgan fingerprint density at radius 3 is 2.71 bits per heavy atom. The lowest BCUT2D eigenvalue weighted by atomic mass is 9.82. The highest BCUT2D eigenvalue weighted by Gasteiger charge is 2.28. The average Bonchev–Trinajstić information content (AvgIpc) is 2.11. The third-order valence-corrected chi connectivity index (χ3v) is 3.30. The van der Waals surface area contributed by atoms with Gasteiger partial charge in [0.15, 0.2) is 0 Å². The van der Waals surface area contributed by atoms with E-state index in [0.717, 1.165) is 25.1 Å². The van der Waals surface area contributed by atoms with E-state index in [1.165, 1.54) is 0 Å². The summed E-state index contributed by atoms with van der Waals surface area (Å²) in [7, 11) is 1.85. The van der Waals surface area contributed by atoms with Gasteiger partial charge in [0, 0.05) is 25.8 Å². The second-order valence-electron chi connectivity index (χ2n) is 4.01. The molecule has 0 heterocycles. The van der Waals surface area contributed by atoms with Gasteiger partial charge < -0.3 is 10.0 Å². The number of carbonyl (C=O) groups is 1. The number of hydrogen-bond donors (Lipinski definition) is 1. The van der Waals surface area contributed by atoms with Gasteiger partial charge in [0.25, 0.3) is 0 Å². The van der Waals surface area contributed by atoms with Crippen LogP contribution in [0.2, 0.25) is 0 Å². The van der Waals surface area contributed by atoms with E-state index < -0.39 is 0 Å². The highest BCUT2D eigenvalue weighted by Crippen LogP contribution is 2.27. The Balaban J connectivity index is 2.14. The van der Waals surface area contributed by atoms with E-state index in [9.17, 15) is 4.79 Å². The molecule has 1 fully saturated rings. The van der Waals surface area contributed by atoms with Gasteiger partial charge in [-0.2, -0.15) is 11.8 Å². The van der Waals surface area contributed by atoms with Gasteiger partial charge in [-0.25, -0.2) is 0 Å². The molecular formula is C10H19NO2S. The second-order valence-corrected chi connectivity index (χ2v) is 4.99. The number of thioether (sulfide) groups is 1. The van der Waals surface area contributed by atoms with Crippen LogP contribution >= 0.6 is 11.8 Å². The Bertz CT molecular complexity index is 193. The zero-order valence-corrected chi connectivity index (χ0v) is 9.72. The molecule has 1 N–H and O–H groups in total. The van der Waals surface area contributed by atoms with Crippen molar-refractivity contribution in [2.75, 3.05) is 25.6 Å². The van der Waals surface area contributed by atoms with Crippen LogP contribution < -0.4 is 0 Å². The lowest BCUT2D eigenvalue weighted by Crippen LogP contribution is -2.39. The maximum Gasteiger partial charge on any atom is 0.223 e. The third-order valence-electron chi connectivity index (χ3n) is 2.69. The first-order valence-electron chi connectivity index (χ1n) is 5.04. The zero-order valence-electron chi connectivity index (χ0n) is 8.90. The SMILES string of the molecule is CSCCC(=O)N(C)CC1CC(O)C1. The number of aliphatic hydroxyl groups excluding tert-OH is 1. The summed E-state index contributed by atoms with van der Waals surface area (Å²) in [5, 5.41) is 9.10. The van der Waals surface area contributed by atoms with Gasteiger partial charge in [-0.1, -0.05) is 0 Å². The summed E-state index contributed by atoms with van der Waals surface area (Å²) in [5.41, 5.74) is 0. The fraction of sp³-hybridized carbons (Fsp3) is 0.900. The molecule has 1 rings (SSSR count). The maximum absolute atomic E-state index is 11.5. The summed E-state index contributed by atoms with van der Waals surface area (Å²) in [4.78, 5) is 13.3. The maximum atomic E-state index is 11.5. The van der Waals surface area contributed by atoms with Crippen molar-refractivity contribution in [1.29, 1.82) is 0 Å². The lowest BCUT2D eigenvalue weighted by molar-refractivity contribution is -0.131. The fourth-order valence-electron chi connectivity index (χ4n) is 1.72. The van der Waals surface area contributed by atoms with Crippen molar-refractivity contribution in [2.45, 2.75) is 25.4 Å². The van der Waals surface area contributed by atoms with Gasteiger partial charge in [-0.3, -0.25) is 4.79 Å². The molecule has 0 spiro atoms. The molecule has 0 radical (unpaired) electrons. The molecule has 14 heavy (non-hydrogen) atoms. The monoisotopic (exact) mass is 217 g/mol. The quantitative estimate of drug-likeness (QED) is 0.746. The molecule has 0 aromatic carbocycles. The molecule has 0 aromatic heterocycles. The number of nitrogens with zero attached hydrogens (tertiary/aromatic N) is 1. The van der Waals surface area contributed by atoms with E-state index in [2.05, 4.69) is 0 Å². The van der Waals surface area contributed by atoms with Crippen LogP contribution in [0.4, 0.5) is 0 Å². The Morgan fingerprint density at radius 2 is 2.21 bits per heavy atom. The Labute approximate surface area is 89.9 Å². The van der Waals surface area contributed by atoms with E-state index in [-0.39, 0.29) is 12.0 Å². The summed E-state index contributed by atoms with van der Waals surface area (Å²) in [6.45, 7) is 0.810. The van der Waals surface area contributed by atoms with Crippen LogP contribution in [0.3, 0.4) is 0 Å². The van der Waals surface area contributed by atoms with Crippen LogP contribution in [-0.4, -0.2) is 47.6 Å². The minimum atomic E-state index is -0.116. The smallest absolute Gasteiger partial charge is 0.223 e. The average molecular weight is 217 g/mol. The Hall–Kier alpha value is -0.220. The minimum absolute atomic E-state index is 0.116. The Morgan fingerprint density at radius 1 is 1.57 bits per heavy atom. The van der Waals surface area contributed by atoms with Crippen molar-refractivity contribution < 1.29 is 9.90 Å². The van der Waals surface area contributed by atoms with Gasteiger partial charge in [0.05, 0.1) is 6.10 Å². The standard InChI is InChI=1S/C10H19NO2S/c1-11(10(13)3-4-14-2)7-8-5-9(12)6-8/h8-9,12H,3-7H2,1-2H3. The summed E-state index contributed by atoms with van der Waals surface area (Å²) >= 11 is 1.70. The van der Waals surface area contributed by atoms with Gasteiger partial charge in [0.2, 0.25) is 5.91 Å². The zero-order chi connectivity index (χ0) is 10.6. The molecule has 0 aromatic rings. The van der Waals surface area contributed by atoms with Crippen LogP contribution in [0.15, 0.2) is 0 Å². The highest BCUT2D eigenvalue weighted by molar-refractivity contribution is 7.98. The second kappa shape index (κ2) is 5.61. The Kier molecular flexibility index (Phi) is 4.75. The predicted octanol–water partition coefficient (Wildman–Crippen LogP) is 0.969. The molecule has 1 saturated carbocycles. The van der Waals surface area contributed by atoms with E-state index in [1.807, 2.05) is 13.3 Å². The van der Waals surface area contributed by atoms with Crippen molar-refractivity contribution in [1.82, 2.24) is 4.90 Å². The van der Waals surface area contributed by atoms with Crippen LogP contribution in [0, 0.1) is 5.92 Å². The van der Waals surface area contributed by atoms with Crippen molar-refractivity contribution in [2.24, 2.45) is 5.92 Å². The first-order valence-corrected chi connectivity index (χ1v) is 6.43. The summed E-state index contributed by atoms with van der Waals surface area (Å²) in [6, 6.07) is 0. The normalized spacial score (nSPS) is 25.6. The topological polar surface area (TPSA) is 40.5 Å². The van der Waals surface area contributed by atoms with Crippen molar-refractivity contribution in [3.63, 3.8) is 0 Å². The number of rotatable bonds is 5. The molecule has 0 saturated heterocycles. The predicted molar refractivity (Wildman–Crippen MR) is 59.4 cm³/mol. The molecule has 0 bridgehead atoms. The molecule has 0 atom stereocenters. The van der Waals surface area contributed by atoms with Crippen molar-refractivity contribution in [3.8, 4) is 0 Å². The van der Waals surface area contributed by atoms with Crippen LogP contribution in [0.5, 0.6) is 0 Å². The highest BCUT2D eigenvalue weighted by atomic mass is 32.2. The van der Waals surface area contributed by atoms with Gasteiger partial charge >= 0.3 is 0 Å². The van der Waals surface area contributed by atoms with E-state index in [1.54, 1.807) is 16.7 Å². The molecule has 1 aliphatic carbocycles. The minimum Gasteiger partial charge on any atom is -0.393 e. The third kappa shape index (κ3) is 3.50. The molecule has 0 unspecified atom stereocenters. The molecule has 0 aliphatic heterocycles. The molecule has 4 heteroatoms. The summed E-state index contributed by atoms with van der Waals surface area (Å²) < 4.78 is 0. The van der Waals surface area contributed by atoms with E-state index >= 15 is 0 Å². The van der Waals surface area contributed by atoms with Crippen LogP contribution in [0.1, 0.15) is 19.3 Å². The molecule has 1 aliphatic rings.